The Labute approximate surface area is 117 Å². The summed E-state index contributed by atoms with van der Waals surface area (Å²) in [5.74, 6) is 0.0267. The lowest BCUT2D eigenvalue weighted by Gasteiger charge is -2.26. The van der Waals surface area contributed by atoms with Crippen molar-refractivity contribution in [2.24, 2.45) is 0 Å². The topological polar surface area (TPSA) is 60.4 Å². The SMILES string of the molecule is CC(CC=O)c1ccc(S(=O)(=O)C2COC2)c(Cl)c1. The molecule has 1 unspecified atom stereocenters. The number of hydrogen-bond acceptors (Lipinski definition) is 4. The second-order valence-electron chi connectivity index (χ2n) is 4.70. The molecule has 0 amide bonds. The van der Waals surface area contributed by atoms with Crippen molar-refractivity contribution in [3.05, 3.63) is 28.8 Å². The monoisotopic (exact) mass is 302 g/mol. The fourth-order valence-corrected chi connectivity index (χ4v) is 3.92. The quantitative estimate of drug-likeness (QED) is 0.782. The molecule has 2 rings (SSSR count). The standard InChI is InChI=1S/C13H15ClO4S/c1-9(4-5-15)10-2-3-13(12(14)6-10)19(16,17)11-7-18-8-11/h2-3,5-6,9,11H,4,7-8H2,1H3. The first-order valence-electron chi connectivity index (χ1n) is 6.01. The van der Waals surface area contributed by atoms with E-state index in [1.165, 1.54) is 6.07 Å². The molecule has 1 heterocycles. The van der Waals surface area contributed by atoms with E-state index < -0.39 is 15.1 Å². The van der Waals surface area contributed by atoms with Gasteiger partial charge in [0.2, 0.25) is 0 Å². The van der Waals surface area contributed by atoms with E-state index >= 15 is 0 Å². The van der Waals surface area contributed by atoms with E-state index in [4.69, 9.17) is 16.3 Å². The first-order chi connectivity index (χ1) is 8.96. The van der Waals surface area contributed by atoms with Crippen molar-refractivity contribution in [3.8, 4) is 0 Å². The summed E-state index contributed by atoms with van der Waals surface area (Å²) >= 11 is 6.07. The zero-order valence-corrected chi connectivity index (χ0v) is 12.1. The average molecular weight is 303 g/mol. The number of hydrogen-bond donors (Lipinski definition) is 0. The Morgan fingerprint density at radius 1 is 1.47 bits per heavy atom. The molecule has 0 spiro atoms. The lowest BCUT2D eigenvalue weighted by Crippen LogP contribution is -2.40. The number of aldehydes is 1. The Hall–Kier alpha value is -0.910. The minimum Gasteiger partial charge on any atom is -0.379 e. The summed E-state index contributed by atoms with van der Waals surface area (Å²) in [5.41, 5.74) is 0.862. The molecule has 0 aromatic heterocycles. The van der Waals surface area contributed by atoms with Crippen molar-refractivity contribution in [2.75, 3.05) is 13.2 Å². The van der Waals surface area contributed by atoms with Crippen LogP contribution >= 0.6 is 11.6 Å². The first kappa shape index (κ1) is 14.5. The normalized spacial score (nSPS) is 17.8. The Kier molecular flexibility index (Phi) is 4.28. The number of halogens is 1. The lowest BCUT2D eigenvalue weighted by molar-refractivity contribution is -0.108. The molecule has 0 N–H and O–H groups in total. The molecule has 0 saturated carbocycles. The van der Waals surface area contributed by atoms with Gasteiger partial charge in [0.1, 0.15) is 11.5 Å². The van der Waals surface area contributed by atoms with Crippen LogP contribution in [0.3, 0.4) is 0 Å². The van der Waals surface area contributed by atoms with Crippen molar-refractivity contribution in [2.45, 2.75) is 29.4 Å². The smallest absolute Gasteiger partial charge is 0.187 e. The number of carbonyl (C=O) groups excluding carboxylic acids is 1. The highest BCUT2D eigenvalue weighted by Gasteiger charge is 2.35. The summed E-state index contributed by atoms with van der Waals surface area (Å²) in [4.78, 5) is 10.6. The molecule has 1 aliphatic heterocycles. The second-order valence-corrected chi connectivity index (χ2v) is 7.30. The lowest BCUT2D eigenvalue weighted by atomic mass is 9.99. The van der Waals surface area contributed by atoms with Crippen LogP contribution in [0.15, 0.2) is 23.1 Å². The highest BCUT2D eigenvalue weighted by atomic mass is 35.5. The summed E-state index contributed by atoms with van der Waals surface area (Å²) in [6.45, 7) is 2.35. The van der Waals surface area contributed by atoms with Gasteiger partial charge in [0.05, 0.1) is 23.1 Å². The Bertz CT molecular complexity index is 578. The van der Waals surface area contributed by atoms with E-state index in [9.17, 15) is 13.2 Å². The van der Waals surface area contributed by atoms with Gasteiger partial charge < -0.3 is 9.53 Å². The van der Waals surface area contributed by atoms with Crippen LogP contribution in [0.4, 0.5) is 0 Å². The van der Waals surface area contributed by atoms with Gasteiger partial charge in [-0.15, -0.1) is 0 Å². The maximum Gasteiger partial charge on any atom is 0.187 e. The van der Waals surface area contributed by atoms with Crippen molar-refractivity contribution < 1.29 is 17.9 Å². The van der Waals surface area contributed by atoms with Crippen LogP contribution in [0.2, 0.25) is 5.02 Å². The maximum atomic E-state index is 12.2. The number of benzene rings is 1. The third kappa shape index (κ3) is 2.83. The zero-order valence-electron chi connectivity index (χ0n) is 10.5. The summed E-state index contributed by atoms with van der Waals surface area (Å²) in [6, 6.07) is 4.86. The molecule has 19 heavy (non-hydrogen) atoms. The molecule has 0 bridgehead atoms. The molecule has 0 radical (unpaired) electrons. The molecule has 1 aromatic rings. The third-order valence-electron chi connectivity index (χ3n) is 3.33. The molecule has 0 aliphatic carbocycles. The fourth-order valence-electron chi connectivity index (χ4n) is 1.91. The van der Waals surface area contributed by atoms with Gasteiger partial charge in [0, 0.05) is 6.42 Å². The highest BCUT2D eigenvalue weighted by Crippen LogP contribution is 2.31. The highest BCUT2D eigenvalue weighted by molar-refractivity contribution is 7.92. The molecule has 1 saturated heterocycles. The van der Waals surface area contributed by atoms with Gasteiger partial charge in [0.15, 0.2) is 9.84 Å². The molecule has 1 aliphatic rings. The van der Waals surface area contributed by atoms with Crippen molar-refractivity contribution in [1.29, 1.82) is 0 Å². The predicted octanol–water partition coefficient (Wildman–Crippen LogP) is 2.21. The van der Waals surface area contributed by atoms with Gasteiger partial charge in [-0.05, 0) is 23.6 Å². The third-order valence-corrected chi connectivity index (χ3v) is 5.87. The van der Waals surface area contributed by atoms with Gasteiger partial charge in [-0.3, -0.25) is 0 Å². The van der Waals surface area contributed by atoms with Crippen molar-refractivity contribution in [1.82, 2.24) is 0 Å². The number of ether oxygens (including phenoxy) is 1. The largest absolute Gasteiger partial charge is 0.379 e. The van der Waals surface area contributed by atoms with Gasteiger partial charge in [-0.25, -0.2) is 8.42 Å². The molecular weight excluding hydrogens is 288 g/mol. The average Bonchev–Trinajstić information content (AvgIpc) is 2.25. The first-order valence-corrected chi connectivity index (χ1v) is 7.94. The minimum atomic E-state index is -3.41. The van der Waals surface area contributed by atoms with Crippen molar-refractivity contribution >= 4 is 27.7 Å². The number of rotatable bonds is 5. The van der Waals surface area contributed by atoms with Gasteiger partial charge in [-0.1, -0.05) is 24.6 Å². The van der Waals surface area contributed by atoms with Crippen LogP contribution in [0, 0.1) is 0 Å². The van der Waals surface area contributed by atoms with E-state index in [1.807, 2.05) is 6.92 Å². The molecule has 6 heteroatoms. The summed E-state index contributed by atoms with van der Waals surface area (Å²) in [5, 5.41) is -0.287. The van der Waals surface area contributed by atoms with E-state index in [0.717, 1.165) is 11.8 Å². The van der Waals surface area contributed by atoms with Crippen molar-refractivity contribution in [3.63, 3.8) is 0 Å². The van der Waals surface area contributed by atoms with E-state index in [-0.39, 0.29) is 29.0 Å². The molecule has 1 aromatic carbocycles. The number of sulfone groups is 1. The zero-order chi connectivity index (χ0) is 14.0. The maximum absolute atomic E-state index is 12.2. The molecule has 104 valence electrons. The fraction of sp³-hybridized carbons (Fsp3) is 0.462. The Balaban J connectivity index is 2.31. The van der Waals surface area contributed by atoms with E-state index in [0.29, 0.717) is 6.42 Å². The van der Waals surface area contributed by atoms with Crippen LogP contribution in [0.1, 0.15) is 24.8 Å². The Morgan fingerprint density at radius 2 is 2.16 bits per heavy atom. The molecular formula is C13H15ClO4S. The number of carbonyl (C=O) groups is 1. The van der Waals surface area contributed by atoms with Crippen LogP contribution in [0.5, 0.6) is 0 Å². The van der Waals surface area contributed by atoms with Gasteiger partial charge >= 0.3 is 0 Å². The van der Waals surface area contributed by atoms with Crippen LogP contribution in [0.25, 0.3) is 0 Å². The van der Waals surface area contributed by atoms with E-state index in [2.05, 4.69) is 0 Å². The molecule has 4 nitrogen and oxygen atoms in total. The second kappa shape index (κ2) is 5.61. The van der Waals surface area contributed by atoms with E-state index in [1.54, 1.807) is 12.1 Å². The Morgan fingerprint density at radius 3 is 2.63 bits per heavy atom. The van der Waals surface area contributed by atoms with Crippen LogP contribution in [-0.4, -0.2) is 33.2 Å². The summed E-state index contributed by atoms with van der Waals surface area (Å²) in [7, 11) is -3.41. The summed E-state index contributed by atoms with van der Waals surface area (Å²) < 4.78 is 29.4. The van der Waals surface area contributed by atoms with Gasteiger partial charge in [0.25, 0.3) is 0 Å². The van der Waals surface area contributed by atoms with Gasteiger partial charge in [-0.2, -0.15) is 0 Å². The van der Waals surface area contributed by atoms with Crippen LogP contribution < -0.4 is 0 Å². The molecule has 1 atom stereocenters. The predicted molar refractivity (Wildman–Crippen MR) is 72.3 cm³/mol. The molecule has 1 fully saturated rings. The minimum absolute atomic E-state index is 0.0267. The summed E-state index contributed by atoms with van der Waals surface area (Å²) in [6.07, 6.45) is 1.23. The van der Waals surface area contributed by atoms with Crippen LogP contribution in [-0.2, 0) is 19.4 Å².